The molecule has 0 spiro atoms. The summed E-state index contributed by atoms with van der Waals surface area (Å²) in [4.78, 5) is 9.34. The molecule has 0 N–H and O–H groups in total. The maximum absolute atomic E-state index is 5.45. The molecule has 0 amide bonds. The highest BCUT2D eigenvalue weighted by Crippen LogP contribution is 2.20. The smallest absolute Gasteiger partial charge is 0.0594 e. The maximum Gasteiger partial charge on any atom is 0.0594 e. The van der Waals surface area contributed by atoms with E-state index in [1.54, 1.807) is 0 Å². The first-order valence-corrected chi connectivity index (χ1v) is 7.85. The Morgan fingerprint density at radius 1 is 1.10 bits per heavy atom. The van der Waals surface area contributed by atoms with Gasteiger partial charge in [-0.2, -0.15) is 0 Å². The van der Waals surface area contributed by atoms with Crippen LogP contribution in [0.4, 0.5) is 0 Å². The fourth-order valence-corrected chi connectivity index (χ4v) is 3.28. The molecule has 20 heavy (non-hydrogen) atoms. The third-order valence-electron chi connectivity index (χ3n) is 4.46. The zero-order chi connectivity index (χ0) is 13.6. The molecule has 4 heteroatoms. The molecule has 0 bridgehead atoms. The van der Waals surface area contributed by atoms with Gasteiger partial charge in [0, 0.05) is 44.6 Å². The van der Waals surface area contributed by atoms with Gasteiger partial charge >= 0.3 is 0 Å². The van der Waals surface area contributed by atoms with Crippen LogP contribution in [-0.2, 0) is 11.3 Å². The average Bonchev–Trinajstić information content (AvgIpc) is 2.51. The molecule has 0 aliphatic carbocycles. The van der Waals surface area contributed by atoms with Gasteiger partial charge in [0.25, 0.3) is 0 Å². The van der Waals surface area contributed by atoms with E-state index in [1.165, 1.54) is 37.9 Å². The molecule has 110 valence electrons. The Morgan fingerprint density at radius 3 is 2.70 bits per heavy atom. The number of hydrogen-bond acceptors (Lipinski definition) is 4. The topological polar surface area (TPSA) is 28.6 Å². The third kappa shape index (κ3) is 3.78. The minimum atomic E-state index is 0.704. The van der Waals surface area contributed by atoms with Crippen LogP contribution >= 0.6 is 0 Å². The van der Waals surface area contributed by atoms with E-state index in [0.29, 0.717) is 6.04 Å². The maximum atomic E-state index is 5.45. The lowest BCUT2D eigenvalue weighted by molar-refractivity contribution is 0.0153. The van der Waals surface area contributed by atoms with Crippen LogP contribution in [-0.4, -0.2) is 60.2 Å². The van der Waals surface area contributed by atoms with E-state index in [4.69, 9.17) is 4.74 Å². The Bertz CT molecular complexity index is 392. The fourth-order valence-electron chi connectivity index (χ4n) is 3.28. The first-order valence-electron chi connectivity index (χ1n) is 7.85. The summed E-state index contributed by atoms with van der Waals surface area (Å²) in [6.45, 7) is 7.50. The zero-order valence-electron chi connectivity index (χ0n) is 12.2. The molecular formula is C16H25N3O. The van der Waals surface area contributed by atoms with E-state index in [1.807, 2.05) is 12.4 Å². The molecule has 0 radical (unpaired) electrons. The Morgan fingerprint density at radius 2 is 1.90 bits per heavy atom. The molecule has 3 rings (SSSR count). The van der Waals surface area contributed by atoms with Crippen molar-refractivity contribution in [1.29, 1.82) is 0 Å². The van der Waals surface area contributed by atoms with E-state index >= 15 is 0 Å². The monoisotopic (exact) mass is 275 g/mol. The predicted molar refractivity (Wildman–Crippen MR) is 79.5 cm³/mol. The van der Waals surface area contributed by atoms with Crippen molar-refractivity contribution in [3.05, 3.63) is 30.1 Å². The molecular weight excluding hydrogens is 250 g/mol. The summed E-state index contributed by atoms with van der Waals surface area (Å²) in [5, 5.41) is 0. The minimum absolute atomic E-state index is 0.704. The summed E-state index contributed by atoms with van der Waals surface area (Å²) in [6, 6.07) is 4.98. The molecule has 0 saturated carbocycles. The van der Waals surface area contributed by atoms with E-state index in [-0.39, 0.29) is 0 Å². The number of rotatable bonds is 4. The Balaban J connectivity index is 1.58. The van der Waals surface area contributed by atoms with Crippen LogP contribution in [0.2, 0.25) is 0 Å². The number of likely N-dealkylation sites (tertiary alicyclic amines) is 1. The summed E-state index contributed by atoms with van der Waals surface area (Å²) in [5.41, 5.74) is 1.38. The number of aromatic nitrogens is 1. The van der Waals surface area contributed by atoms with E-state index in [9.17, 15) is 0 Å². The molecule has 1 aromatic heterocycles. The zero-order valence-corrected chi connectivity index (χ0v) is 12.2. The first kappa shape index (κ1) is 14.0. The summed E-state index contributed by atoms with van der Waals surface area (Å²) < 4.78 is 5.45. The highest BCUT2D eigenvalue weighted by molar-refractivity contribution is 5.09. The summed E-state index contributed by atoms with van der Waals surface area (Å²) in [5.74, 6) is 0. The van der Waals surface area contributed by atoms with Crippen molar-refractivity contribution in [2.75, 3.05) is 39.4 Å². The molecule has 1 aromatic rings. The molecule has 1 unspecified atom stereocenters. The lowest BCUT2D eigenvalue weighted by Crippen LogP contribution is -2.49. The first-order chi connectivity index (χ1) is 9.92. The van der Waals surface area contributed by atoms with Gasteiger partial charge in [-0.25, -0.2) is 0 Å². The molecule has 2 fully saturated rings. The van der Waals surface area contributed by atoms with Crippen molar-refractivity contribution in [3.63, 3.8) is 0 Å². The second kappa shape index (κ2) is 7.16. The van der Waals surface area contributed by atoms with E-state index in [0.717, 1.165) is 32.8 Å². The number of ether oxygens (including phenoxy) is 1. The van der Waals surface area contributed by atoms with Crippen molar-refractivity contribution in [3.8, 4) is 0 Å². The molecule has 1 atom stereocenters. The number of pyridine rings is 1. The Labute approximate surface area is 121 Å². The summed E-state index contributed by atoms with van der Waals surface area (Å²) in [6.07, 6.45) is 7.85. The second-order valence-corrected chi connectivity index (χ2v) is 5.89. The van der Waals surface area contributed by atoms with Gasteiger partial charge in [0.2, 0.25) is 0 Å². The van der Waals surface area contributed by atoms with Crippen LogP contribution in [0.25, 0.3) is 0 Å². The van der Waals surface area contributed by atoms with Gasteiger partial charge in [-0.3, -0.25) is 14.8 Å². The van der Waals surface area contributed by atoms with Crippen molar-refractivity contribution in [1.82, 2.24) is 14.8 Å². The van der Waals surface area contributed by atoms with Gasteiger partial charge in [0.1, 0.15) is 0 Å². The van der Waals surface area contributed by atoms with Crippen molar-refractivity contribution in [2.45, 2.75) is 31.8 Å². The normalized spacial score (nSPS) is 25.7. The lowest BCUT2D eigenvalue weighted by Gasteiger charge is -2.39. The number of piperidine rings is 1. The van der Waals surface area contributed by atoms with Crippen molar-refractivity contribution >= 4 is 0 Å². The molecule has 0 aromatic carbocycles. The van der Waals surface area contributed by atoms with Gasteiger partial charge in [-0.05, 0) is 37.1 Å². The fraction of sp³-hybridized carbons (Fsp3) is 0.688. The molecule has 4 nitrogen and oxygen atoms in total. The van der Waals surface area contributed by atoms with Gasteiger partial charge in [-0.15, -0.1) is 0 Å². The SMILES string of the molecule is c1cc(CN2CCCCC2CN2CCOCC2)ccn1. The predicted octanol–water partition coefficient (Wildman–Crippen LogP) is 1.77. The third-order valence-corrected chi connectivity index (χ3v) is 4.46. The van der Waals surface area contributed by atoms with Crippen LogP contribution in [0.5, 0.6) is 0 Å². The second-order valence-electron chi connectivity index (χ2n) is 5.89. The van der Waals surface area contributed by atoms with Crippen molar-refractivity contribution < 1.29 is 4.74 Å². The quantitative estimate of drug-likeness (QED) is 0.837. The Kier molecular flexibility index (Phi) is 5.01. The van der Waals surface area contributed by atoms with Crippen LogP contribution in [0.1, 0.15) is 24.8 Å². The van der Waals surface area contributed by atoms with Gasteiger partial charge in [-0.1, -0.05) is 6.42 Å². The highest BCUT2D eigenvalue weighted by Gasteiger charge is 2.25. The number of hydrogen-bond donors (Lipinski definition) is 0. The summed E-state index contributed by atoms with van der Waals surface area (Å²) >= 11 is 0. The van der Waals surface area contributed by atoms with Gasteiger partial charge in [0.05, 0.1) is 13.2 Å². The number of morpholine rings is 1. The van der Waals surface area contributed by atoms with E-state index in [2.05, 4.69) is 26.9 Å². The standard InChI is InChI=1S/C16H25N3O/c1-2-8-19(13-15-4-6-17-7-5-15)16(3-1)14-18-9-11-20-12-10-18/h4-7,16H,1-3,8-14H2. The van der Waals surface area contributed by atoms with Gasteiger partial charge in [0.15, 0.2) is 0 Å². The van der Waals surface area contributed by atoms with Crippen LogP contribution < -0.4 is 0 Å². The molecule has 2 saturated heterocycles. The minimum Gasteiger partial charge on any atom is -0.379 e. The van der Waals surface area contributed by atoms with Crippen LogP contribution in [0.15, 0.2) is 24.5 Å². The van der Waals surface area contributed by atoms with Crippen molar-refractivity contribution in [2.24, 2.45) is 0 Å². The highest BCUT2D eigenvalue weighted by atomic mass is 16.5. The van der Waals surface area contributed by atoms with E-state index < -0.39 is 0 Å². The Hall–Kier alpha value is -0.970. The molecule has 3 heterocycles. The van der Waals surface area contributed by atoms with Gasteiger partial charge < -0.3 is 4.74 Å². The van der Waals surface area contributed by atoms with Crippen LogP contribution in [0.3, 0.4) is 0 Å². The molecule has 2 aliphatic heterocycles. The number of nitrogens with zero attached hydrogens (tertiary/aromatic N) is 3. The largest absolute Gasteiger partial charge is 0.379 e. The lowest BCUT2D eigenvalue weighted by atomic mass is 10.0. The average molecular weight is 275 g/mol. The van der Waals surface area contributed by atoms with Crippen LogP contribution in [0, 0.1) is 0 Å². The summed E-state index contributed by atoms with van der Waals surface area (Å²) in [7, 11) is 0. The molecule has 2 aliphatic rings.